The number of hydrogen-bond donors (Lipinski definition) is 3. The standard InChI is InChI=1S/C24H23FN6O2S/c25-15-2-8-20-14(11-15)1-3-19(28-20)13-27-16-4-6-17(7-5-16)29-23-26-10-9-18(30-23)12-21-22(32)31-24(33)34-21/h1-3,8-12,16-17,27H,4-7,13H2,(H,26,29,30)(H,31,32,33). The van der Waals surface area contributed by atoms with Crippen molar-refractivity contribution in [3.63, 3.8) is 0 Å². The van der Waals surface area contributed by atoms with Crippen molar-refractivity contribution in [1.82, 2.24) is 25.6 Å². The topological polar surface area (TPSA) is 109 Å². The van der Waals surface area contributed by atoms with Crippen LogP contribution in [0.1, 0.15) is 37.1 Å². The minimum absolute atomic E-state index is 0.253. The molecule has 0 spiro atoms. The van der Waals surface area contributed by atoms with Gasteiger partial charge >= 0.3 is 0 Å². The molecule has 1 aliphatic heterocycles. The van der Waals surface area contributed by atoms with E-state index in [0.29, 0.717) is 29.1 Å². The number of hydrogen-bond acceptors (Lipinski definition) is 8. The number of fused-ring (bicyclic) bond motifs is 1. The minimum Gasteiger partial charge on any atom is -0.351 e. The molecule has 34 heavy (non-hydrogen) atoms. The van der Waals surface area contributed by atoms with Crippen molar-refractivity contribution in [3.8, 4) is 0 Å². The number of carbonyl (C=O) groups excluding carboxylic acids is 2. The van der Waals surface area contributed by atoms with Crippen molar-refractivity contribution < 1.29 is 14.0 Å². The van der Waals surface area contributed by atoms with E-state index in [0.717, 1.165) is 54.0 Å². The molecule has 2 amide bonds. The average molecular weight is 479 g/mol. The maximum atomic E-state index is 13.3. The van der Waals surface area contributed by atoms with E-state index in [4.69, 9.17) is 0 Å². The maximum absolute atomic E-state index is 13.3. The van der Waals surface area contributed by atoms with Crippen LogP contribution in [-0.4, -0.2) is 38.2 Å². The Bertz CT molecular complexity index is 1280. The third-order valence-electron chi connectivity index (χ3n) is 5.94. The number of benzene rings is 1. The number of anilines is 1. The number of nitrogens with one attached hydrogen (secondary N) is 3. The number of amides is 2. The van der Waals surface area contributed by atoms with Crippen molar-refractivity contribution in [3.05, 3.63) is 64.7 Å². The van der Waals surface area contributed by atoms with Gasteiger partial charge in [0.25, 0.3) is 11.1 Å². The molecule has 0 unspecified atom stereocenters. The molecule has 5 rings (SSSR count). The number of thioether (sulfide) groups is 1. The van der Waals surface area contributed by atoms with Crippen LogP contribution in [0.2, 0.25) is 0 Å². The Morgan fingerprint density at radius 2 is 1.88 bits per heavy atom. The highest BCUT2D eigenvalue weighted by Gasteiger charge is 2.25. The third kappa shape index (κ3) is 5.40. The summed E-state index contributed by atoms with van der Waals surface area (Å²) in [6.07, 6.45) is 7.21. The van der Waals surface area contributed by atoms with E-state index < -0.39 is 5.91 Å². The number of nitrogens with zero attached hydrogens (tertiary/aromatic N) is 3. The van der Waals surface area contributed by atoms with Gasteiger partial charge in [-0.1, -0.05) is 6.07 Å². The first-order valence-corrected chi connectivity index (χ1v) is 12.0. The molecule has 1 saturated heterocycles. The normalized spacial score (nSPS) is 21.7. The molecule has 174 valence electrons. The van der Waals surface area contributed by atoms with E-state index in [-0.39, 0.29) is 17.1 Å². The van der Waals surface area contributed by atoms with Gasteiger partial charge in [-0.05, 0) is 73.9 Å². The van der Waals surface area contributed by atoms with Crippen LogP contribution < -0.4 is 16.0 Å². The number of carbonyl (C=O) groups is 2. The van der Waals surface area contributed by atoms with Gasteiger partial charge in [0.2, 0.25) is 5.95 Å². The van der Waals surface area contributed by atoms with Crippen molar-refractivity contribution in [2.45, 2.75) is 44.3 Å². The zero-order chi connectivity index (χ0) is 23.5. The summed E-state index contributed by atoms with van der Waals surface area (Å²) in [6.45, 7) is 0.671. The zero-order valence-electron chi connectivity index (χ0n) is 18.3. The minimum atomic E-state index is -0.401. The SMILES string of the molecule is O=C1NC(=O)C(=Cc2ccnc(NC3CCC(NCc4ccc5cc(F)ccc5n4)CC3)n2)S1. The molecule has 2 fully saturated rings. The first kappa shape index (κ1) is 22.4. The first-order valence-electron chi connectivity index (χ1n) is 11.1. The Kier molecular flexibility index (Phi) is 6.50. The highest BCUT2D eigenvalue weighted by Crippen LogP contribution is 2.26. The number of imide groups is 1. The van der Waals surface area contributed by atoms with E-state index in [1.165, 1.54) is 12.1 Å². The summed E-state index contributed by atoms with van der Waals surface area (Å²) in [7, 11) is 0. The lowest BCUT2D eigenvalue weighted by Gasteiger charge is -2.29. The van der Waals surface area contributed by atoms with E-state index in [1.54, 1.807) is 24.4 Å². The Morgan fingerprint density at radius 1 is 1.06 bits per heavy atom. The summed E-state index contributed by atoms with van der Waals surface area (Å²) in [5.74, 6) is -0.143. The van der Waals surface area contributed by atoms with E-state index in [9.17, 15) is 14.0 Å². The van der Waals surface area contributed by atoms with E-state index in [2.05, 4.69) is 30.9 Å². The maximum Gasteiger partial charge on any atom is 0.290 e. The molecule has 0 bridgehead atoms. The summed E-state index contributed by atoms with van der Waals surface area (Å²) in [6, 6.07) is 10.8. The van der Waals surface area contributed by atoms with Crippen LogP contribution in [0.4, 0.5) is 15.1 Å². The third-order valence-corrected chi connectivity index (χ3v) is 6.75. The predicted molar refractivity (Wildman–Crippen MR) is 129 cm³/mol. The second-order valence-electron chi connectivity index (χ2n) is 8.37. The van der Waals surface area contributed by atoms with Gasteiger partial charge in [-0.2, -0.15) is 0 Å². The van der Waals surface area contributed by atoms with Crippen LogP contribution in [0.25, 0.3) is 17.0 Å². The smallest absolute Gasteiger partial charge is 0.290 e. The number of pyridine rings is 1. The van der Waals surface area contributed by atoms with Gasteiger partial charge < -0.3 is 10.6 Å². The molecule has 0 radical (unpaired) electrons. The summed E-state index contributed by atoms with van der Waals surface area (Å²) < 4.78 is 13.3. The molecule has 10 heteroatoms. The molecule has 3 N–H and O–H groups in total. The highest BCUT2D eigenvalue weighted by molar-refractivity contribution is 8.18. The summed E-state index contributed by atoms with van der Waals surface area (Å²) >= 11 is 0.868. The average Bonchev–Trinajstić information content (AvgIpc) is 3.15. The molecule has 0 atom stereocenters. The van der Waals surface area contributed by atoms with Crippen molar-refractivity contribution in [1.29, 1.82) is 0 Å². The van der Waals surface area contributed by atoms with Crippen molar-refractivity contribution in [2.75, 3.05) is 5.32 Å². The summed E-state index contributed by atoms with van der Waals surface area (Å²) in [5.41, 5.74) is 2.31. The van der Waals surface area contributed by atoms with Crippen LogP contribution >= 0.6 is 11.8 Å². The molecule has 2 aliphatic rings. The van der Waals surface area contributed by atoms with Gasteiger partial charge in [-0.3, -0.25) is 19.9 Å². The molecule has 1 aliphatic carbocycles. The Labute approximate surface area is 199 Å². The Morgan fingerprint density at radius 3 is 2.68 bits per heavy atom. The molecular weight excluding hydrogens is 455 g/mol. The van der Waals surface area contributed by atoms with Crippen LogP contribution in [0, 0.1) is 5.82 Å². The van der Waals surface area contributed by atoms with Crippen LogP contribution in [-0.2, 0) is 11.3 Å². The molecular formula is C24H23FN6O2S. The van der Waals surface area contributed by atoms with Crippen LogP contribution in [0.15, 0.2) is 47.5 Å². The monoisotopic (exact) mass is 478 g/mol. The highest BCUT2D eigenvalue weighted by atomic mass is 32.2. The zero-order valence-corrected chi connectivity index (χ0v) is 19.1. The van der Waals surface area contributed by atoms with Gasteiger partial charge in [0.05, 0.1) is 21.8 Å². The second-order valence-corrected chi connectivity index (χ2v) is 9.39. The van der Waals surface area contributed by atoms with Crippen molar-refractivity contribution in [2.24, 2.45) is 0 Å². The van der Waals surface area contributed by atoms with Gasteiger partial charge in [0.1, 0.15) is 5.82 Å². The first-order chi connectivity index (χ1) is 16.5. The fraction of sp³-hybridized carbons (Fsp3) is 0.292. The van der Waals surface area contributed by atoms with Gasteiger partial charge in [-0.25, -0.2) is 14.4 Å². The molecule has 1 aromatic carbocycles. The number of aromatic nitrogens is 3. The quantitative estimate of drug-likeness (QED) is 0.456. The van der Waals surface area contributed by atoms with Crippen LogP contribution in [0.3, 0.4) is 0 Å². The predicted octanol–water partition coefficient (Wildman–Crippen LogP) is 4.00. The van der Waals surface area contributed by atoms with Crippen molar-refractivity contribution >= 4 is 45.8 Å². The van der Waals surface area contributed by atoms with E-state index in [1.807, 2.05) is 12.1 Å². The fourth-order valence-corrected chi connectivity index (χ4v) is 4.86. The largest absolute Gasteiger partial charge is 0.351 e. The van der Waals surface area contributed by atoms with E-state index >= 15 is 0 Å². The molecule has 2 aromatic heterocycles. The fourth-order valence-electron chi connectivity index (χ4n) is 4.19. The molecule has 3 aromatic rings. The summed E-state index contributed by atoms with van der Waals surface area (Å²) in [4.78, 5) is 36.8. The van der Waals surface area contributed by atoms with Crippen LogP contribution in [0.5, 0.6) is 0 Å². The molecule has 8 nitrogen and oxygen atoms in total. The Hall–Kier alpha value is -3.37. The lowest BCUT2D eigenvalue weighted by atomic mass is 9.91. The Balaban J connectivity index is 1.12. The number of halogens is 1. The molecule has 3 heterocycles. The van der Waals surface area contributed by atoms with Gasteiger partial charge in [0, 0.05) is 30.2 Å². The summed E-state index contributed by atoms with van der Waals surface area (Å²) in [5, 5.41) is 9.64. The number of rotatable bonds is 6. The second kappa shape index (κ2) is 9.86. The lowest BCUT2D eigenvalue weighted by molar-refractivity contribution is -0.115. The van der Waals surface area contributed by atoms with Gasteiger partial charge in [0.15, 0.2) is 0 Å². The van der Waals surface area contributed by atoms with Gasteiger partial charge in [-0.15, -0.1) is 0 Å². The molecule has 1 saturated carbocycles. The lowest BCUT2D eigenvalue weighted by Crippen LogP contribution is -2.37.